The van der Waals surface area contributed by atoms with Gasteiger partial charge in [0.15, 0.2) is 0 Å². The van der Waals surface area contributed by atoms with E-state index < -0.39 is 0 Å². The van der Waals surface area contributed by atoms with Gasteiger partial charge in [-0.25, -0.2) is 0 Å². The molecule has 20 heavy (non-hydrogen) atoms. The predicted octanol–water partition coefficient (Wildman–Crippen LogP) is 7.68. The maximum atomic E-state index is 2.42. The molecule has 0 unspecified atom stereocenters. The predicted molar refractivity (Wildman–Crippen MR) is 94.3 cm³/mol. The molecule has 0 heterocycles. The van der Waals surface area contributed by atoms with Crippen LogP contribution in [-0.2, 0) is 0 Å². The van der Waals surface area contributed by atoms with Crippen molar-refractivity contribution in [2.45, 2.75) is 111 Å². The highest BCUT2D eigenvalue weighted by molar-refractivity contribution is 4.81. The molecule has 0 aliphatic heterocycles. The molecule has 0 saturated carbocycles. The zero-order valence-corrected chi connectivity index (χ0v) is 14.6. The van der Waals surface area contributed by atoms with Gasteiger partial charge < -0.3 is 0 Å². The van der Waals surface area contributed by atoms with Gasteiger partial charge in [0.2, 0.25) is 0 Å². The summed E-state index contributed by atoms with van der Waals surface area (Å²) in [4.78, 5) is 0. The van der Waals surface area contributed by atoms with E-state index in [0.29, 0.717) is 0 Å². The lowest BCUT2D eigenvalue weighted by Gasteiger charge is -2.03. The number of rotatable bonds is 15. The van der Waals surface area contributed by atoms with Gasteiger partial charge in [-0.3, -0.25) is 0 Å². The van der Waals surface area contributed by atoms with E-state index >= 15 is 0 Å². The smallest absolute Gasteiger partial charge is 0.0351 e. The van der Waals surface area contributed by atoms with Crippen LogP contribution in [0.1, 0.15) is 111 Å². The fraction of sp³-hybridized carbons (Fsp3) is 0.900. The van der Waals surface area contributed by atoms with Crippen molar-refractivity contribution in [3.05, 3.63) is 12.2 Å². The zero-order valence-electron chi connectivity index (χ0n) is 14.6. The molecule has 0 atom stereocenters. The number of hydrogen-bond donors (Lipinski definition) is 0. The van der Waals surface area contributed by atoms with Crippen molar-refractivity contribution in [2.75, 3.05) is 0 Å². The van der Waals surface area contributed by atoms with Crippen molar-refractivity contribution in [1.82, 2.24) is 0 Å². The van der Waals surface area contributed by atoms with Gasteiger partial charge >= 0.3 is 0 Å². The van der Waals surface area contributed by atoms with Gasteiger partial charge in [0, 0.05) is 0 Å². The first-order valence-electron chi connectivity index (χ1n) is 9.42. The molecule has 0 aliphatic rings. The molecular weight excluding hydrogens is 240 g/mol. The van der Waals surface area contributed by atoms with Gasteiger partial charge in [0.05, 0.1) is 0 Å². The fourth-order valence-corrected chi connectivity index (χ4v) is 2.62. The third-order valence-corrected chi connectivity index (χ3v) is 4.04. The summed E-state index contributed by atoms with van der Waals surface area (Å²) in [6.45, 7) is 6.94. The van der Waals surface area contributed by atoms with Gasteiger partial charge in [-0.15, -0.1) is 0 Å². The van der Waals surface area contributed by atoms with Crippen LogP contribution in [0.5, 0.6) is 0 Å². The van der Waals surface area contributed by atoms with E-state index in [1.165, 1.54) is 89.9 Å². The Kier molecular flexibility index (Phi) is 16.6. The van der Waals surface area contributed by atoms with E-state index in [9.17, 15) is 0 Å². The lowest BCUT2D eigenvalue weighted by atomic mass is 10.0. The Morgan fingerprint density at radius 2 is 1.05 bits per heavy atom. The average Bonchev–Trinajstić information content (AvgIpc) is 2.43. The monoisotopic (exact) mass is 280 g/mol. The van der Waals surface area contributed by atoms with Crippen molar-refractivity contribution in [2.24, 2.45) is 5.92 Å². The van der Waals surface area contributed by atoms with Crippen molar-refractivity contribution in [1.29, 1.82) is 0 Å². The standard InChI is InChI=1S/C20H40/c1-4-5-6-7-8-9-10-11-12-13-14-15-16-17-18-19-20(2)3/h12-13,20H,4-11,14-19H2,1-3H3/b13-12+. The Labute approximate surface area is 129 Å². The second-order valence-corrected chi connectivity index (χ2v) is 6.77. The normalized spacial score (nSPS) is 11.8. The topological polar surface area (TPSA) is 0 Å². The summed E-state index contributed by atoms with van der Waals surface area (Å²) in [7, 11) is 0. The number of hydrogen-bond acceptors (Lipinski definition) is 0. The minimum absolute atomic E-state index is 0.886. The molecular formula is C20H40. The van der Waals surface area contributed by atoms with Gasteiger partial charge in [-0.05, 0) is 31.6 Å². The molecule has 0 fully saturated rings. The number of allylic oxidation sites excluding steroid dienone is 2. The first kappa shape index (κ1) is 19.7. The van der Waals surface area contributed by atoms with Crippen molar-refractivity contribution >= 4 is 0 Å². The molecule has 0 aromatic rings. The van der Waals surface area contributed by atoms with Gasteiger partial charge in [0.1, 0.15) is 0 Å². The second-order valence-electron chi connectivity index (χ2n) is 6.77. The lowest BCUT2D eigenvalue weighted by Crippen LogP contribution is -1.86. The minimum Gasteiger partial charge on any atom is -0.0885 e. The SMILES string of the molecule is CCCCCCCCC/C=C/CCCCCCC(C)C. The molecule has 0 aromatic heterocycles. The molecule has 0 amide bonds. The summed E-state index contributed by atoms with van der Waals surface area (Å²) < 4.78 is 0. The Hall–Kier alpha value is -0.260. The van der Waals surface area contributed by atoms with E-state index in [2.05, 4.69) is 32.9 Å². The molecule has 0 N–H and O–H groups in total. The summed E-state index contributed by atoms with van der Waals surface area (Å²) in [5.74, 6) is 0.886. The number of unbranched alkanes of at least 4 members (excludes halogenated alkanes) is 11. The molecule has 120 valence electrons. The minimum atomic E-state index is 0.886. The van der Waals surface area contributed by atoms with Gasteiger partial charge in [0.25, 0.3) is 0 Å². The molecule has 0 aliphatic carbocycles. The van der Waals surface area contributed by atoms with E-state index in [1.807, 2.05) is 0 Å². The third-order valence-electron chi connectivity index (χ3n) is 4.04. The fourth-order valence-electron chi connectivity index (χ4n) is 2.62. The van der Waals surface area contributed by atoms with Crippen LogP contribution < -0.4 is 0 Å². The molecule has 0 heteroatoms. The van der Waals surface area contributed by atoms with E-state index in [4.69, 9.17) is 0 Å². The highest BCUT2D eigenvalue weighted by Gasteiger charge is 1.93. The first-order valence-corrected chi connectivity index (χ1v) is 9.42. The molecule has 0 spiro atoms. The average molecular weight is 281 g/mol. The quantitative estimate of drug-likeness (QED) is 0.213. The maximum Gasteiger partial charge on any atom is -0.0351 e. The van der Waals surface area contributed by atoms with Crippen LogP contribution in [0.15, 0.2) is 12.2 Å². The van der Waals surface area contributed by atoms with Gasteiger partial charge in [-0.2, -0.15) is 0 Å². The van der Waals surface area contributed by atoms with Crippen LogP contribution in [0, 0.1) is 5.92 Å². The van der Waals surface area contributed by atoms with E-state index in [-0.39, 0.29) is 0 Å². The molecule has 0 aromatic carbocycles. The summed E-state index contributed by atoms with van der Waals surface area (Å²) >= 11 is 0. The van der Waals surface area contributed by atoms with E-state index in [0.717, 1.165) is 5.92 Å². The second kappa shape index (κ2) is 16.8. The van der Waals surface area contributed by atoms with E-state index in [1.54, 1.807) is 0 Å². The highest BCUT2D eigenvalue weighted by Crippen LogP contribution is 2.11. The zero-order chi connectivity index (χ0) is 14.9. The molecule has 0 saturated heterocycles. The van der Waals surface area contributed by atoms with Crippen LogP contribution in [0.2, 0.25) is 0 Å². The summed E-state index contributed by atoms with van der Waals surface area (Å²) in [6, 6.07) is 0. The van der Waals surface area contributed by atoms with Gasteiger partial charge in [-0.1, -0.05) is 97.1 Å². The maximum absolute atomic E-state index is 2.42. The Morgan fingerprint density at radius 3 is 1.55 bits per heavy atom. The molecule has 0 bridgehead atoms. The van der Waals surface area contributed by atoms with Crippen LogP contribution in [0.4, 0.5) is 0 Å². The molecule has 0 radical (unpaired) electrons. The highest BCUT2D eigenvalue weighted by atomic mass is 14.0. The summed E-state index contributed by atoms with van der Waals surface area (Å²) in [5, 5.41) is 0. The lowest BCUT2D eigenvalue weighted by molar-refractivity contribution is 0.521. The Morgan fingerprint density at radius 1 is 0.600 bits per heavy atom. The largest absolute Gasteiger partial charge is 0.0885 e. The molecule has 0 rings (SSSR count). The van der Waals surface area contributed by atoms with Crippen LogP contribution in [-0.4, -0.2) is 0 Å². The Balaban J connectivity index is 3.05. The van der Waals surface area contributed by atoms with Crippen molar-refractivity contribution < 1.29 is 0 Å². The van der Waals surface area contributed by atoms with Crippen molar-refractivity contribution in [3.8, 4) is 0 Å². The van der Waals surface area contributed by atoms with Crippen molar-refractivity contribution in [3.63, 3.8) is 0 Å². The van der Waals surface area contributed by atoms with Crippen LogP contribution in [0.3, 0.4) is 0 Å². The summed E-state index contributed by atoms with van der Waals surface area (Å²) in [6.07, 6.45) is 24.5. The first-order chi connectivity index (χ1) is 9.77. The summed E-state index contributed by atoms with van der Waals surface area (Å²) in [5.41, 5.74) is 0. The van der Waals surface area contributed by atoms with Crippen LogP contribution >= 0.6 is 0 Å². The molecule has 0 nitrogen and oxygen atoms in total. The third kappa shape index (κ3) is 17.7. The Bertz CT molecular complexity index is 190. The van der Waals surface area contributed by atoms with Crippen LogP contribution in [0.25, 0.3) is 0 Å².